The van der Waals surface area contributed by atoms with Crippen molar-refractivity contribution in [2.45, 2.75) is 118 Å². The lowest BCUT2D eigenvalue weighted by Gasteiger charge is -2.55. The number of ether oxygens (including phenoxy) is 1. The van der Waals surface area contributed by atoms with E-state index in [-0.39, 0.29) is 11.1 Å². The third-order valence-corrected chi connectivity index (χ3v) is 6.13. The number of hydrogen-bond donors (Lipinski definition) is 1. The molecule has 1 rings (SSSR count). The van der Waals surface area contributed by atoms with Crippen LogP contribution in [0.1, 0.15) is 101 Å². The van der Waals surface area contributed by atoms with E-state index in [0.29, 0.717) is 17.9 Å². The standard InChI is InChI=1S/C23H47NO/c1-10-25-21-16-22(8,13-11-17(2)3)24-23(9,14-12-18(4)5)20(21)15-19(6)7/h17-21,24H,10-16H2,1-9H3. The molecule has 0 aromatic carbocycles. The molecule has 2 nitrogen and oxygen atoms in total. The first-order valence-electron chi connectivity index (χ1n) is 10.9. The number of nitrogens with one attached hydrogen (secondary N) is 1. The summed E-state index contributed by atoms with van der Waals surface area (Å²) in [6.07, 6.45) is 7.88. The second kappa shape index (κ2) is 9.74. The molecule has 0 radical (unpaired) electrons. The highest BCUT2D eigenvalue weighted by molar-refractivity contribution is 5.07. The highest BCUT2D eigenvalue weighted by atomic mass is 16.5. The summed E-state index contributed by atoms with van der Waals surface area (Å²) in [5.74, 6) is 2.85. The lowest BCUT2D eigenvalue weighted by atomic mass is 9.65. The molecule has 4 unspecified atom stereocenters. The summed E-state index contributed by atoms with van der Waals surface area (Å²) in [5.41, 5.74) is 0.377. The highest BCUT2D eigenvalue weighted by Gasteiger charge is 2.49. The molecule has 1 saturated heterocycles. The minimum Gasteiger partial charge on any atom is -0.378 e. The lowest BCUT2D eigenvalue weighted by molar-refractivity contribution is -0.0849. The fraction of sp³-hybridized carbons (Fsp3) is 1.00. The molecule has 1 fully saturated rings. The molecular formula is C23H47NO. The SMILES string of the molecule is CCOC1CC(C)(CCC(C)C)NC(C)(CCC(C)C)C1CC(C)C. The zero-order chi connectivity index (χ0) is 19.3. The fourth-order valence-corrected chi connectivity index (χ4v) is 4.75. The van der Waals surface area contributed by atoms with Crippen molar-refractivity contribution in [3.8, 4) is 0 Å². The van der Waals surface area contributed by atoms with Crippen molar-refractivity contribution >= 4 is 0 Å². The maximum Gasteiger partial charge on any atom is 0.0638 e. The molecule has 0 saturated carbocycles. The molecule has 0 aromatic heterocycles. The van der Waals surface area contributed by atoms with Crippen molar-refractivity contribution in [3.63, 3.8) is 0 Å². The van der Waals surface area contributed by atoms with Crippen LogP contribution in [0.25, 0.3) is 0 Å². The maximum absolute atomic E-state index is 6.36. The Bertz CT molecular complexity index is 378. The quantitative estimate of drug-likeness (QED) is 0.488. The van der Waals surface area contributed by atoms with Gasteiger partial charge in [0.25, 0.3) is 0 Å². The van der Waals surface area contributed by atoms with E-state index in [1.165, 1.54) is 32.1 Å². The van der Waals surface area contributed by atoms with Gasteiger partial charge in [0.15, 0.2) is 0 Å². The van der Waals surface area contributed by atoms with Crippen LogP contribution in [0.3, 0.4) is 0 Å². The fourth-order valence-electron chi connectivity index (χ4n) is 4.75. The van der Waals surface area contributed by atoms with Crippen molar-refractivity contribution in [2.24, 2.45) is 23.7 Å². The topological polar surface area (TPSA) is 21.3 Å². The Hall–Kier alpha value is -0.0800. The summed E-state index contributed by atoms with van der Waals surface area (Å²) in [4.78, 5) is 0. The average Bonchev–Trinajstić information content (AvgIpc) is 2.47. The Kier molecular flexibility index (Phi) is 8.94. The predicted molar refractivity (Wildman–Crippen MR) is 111 cm³/mol. The van der Waals surface area contributed by atoms with E-state index in [0.717, 1.165) is 24.9 Å². The largest absolute Gasteiger partial charge is 0.378 e. The summed E-state index contributed by atoms with van der Waals surface area (Å²) in [6.45, 7) is 22.0. The van der Waals surface area contributed by atoms with Crippen molar-refractivity contribution in [1.29, 1.82) is 0 Å². The molecule has 0 bridgehead atoms. The van der Waals surface area contributed by atoms with Crippen LogP contribution in [-0.2, 0) is 4.74 Å². The monoisotopic (exact) mass is 353 g/mol. The molecule has 0 aliphatic carbocycles. The Balaban J connectivity index is 3.07. The molecule has 1 aliphatic rings. The number of rotatable bonds is 10. The second-order valence-electron chi connectivity index (χ2n) is 10.4. The third kappa shape index (κ3) is 7.21. The average molecular weight is 354 g/mol. The first-order valence-corrected chi connectivity index (χ1v) is 10.9. The van der Waals surface area contributed by atoms with E-state index in [1.807, 2.05) is 0 Å². The van der Waals surface area contributed by atoms with Gasteiger partial charge in [-0.2, -0.15) is 0 Å². The molecule has 1 heterocycles. The van der Waals surface area contributed by atoms with Gasteiger partial charge in [-0.1, -0.05) is 41.5 Å². The van der Waals surface area contributed by atoms with Crippen LogP contribution in [-0.4, -0.2) is 23.8 Å². The van der Waals surface area contributed by atoms with Crippen LogP contribution in [0.2, 0.25) is 0 Å². The zero-order valence-corrected chi connectivity index (χ0v) is 18.7. The smallest absolute Gasteiger partial charge is 0.0638 e. The van der Waals surface area contributed by atoms with Gasteiger partial charge in [0.05, 0.1) is 6.10 Å². The zero-order valence-electron chi connectivity index (χ0n) is 18.7. The van der Waals surface area contributed by atoms with Crippen LogP contribution in [0.15, 0.2) is 0 Å². The first-order chi connectivity index (χ1) is 11.5. The van der Waals surface area contributed by atoms with E-state index in [2.05, 4.69) is 67.6 Å². The molecule has 4 atom stereocenters. The van der Waals surface area contributed by atoms with E-state index >= 15 is 0 Å². The van der Waals surface area contributed by atoms with Gasteiger partial charge >= 0.3 is 0 Å². The van der Waals surface area contributed by atoms with Gasteiger partial charge in [0, 0.05) is 23.6 Å². The Morgan fingerprint density at radius 1 is 0.920 bits per heavy atom. The summed E-state index contributed by atoms with van der Waals surface area (Å²) >= 11 is 0. The Morgan fingerprint density at radius 2 is 1.48 bits per heavy atom. The second-order valence-corrected chi connectivity index (χ2v) is 10.4. The first kappa shape index (κ1) is 23.0. The molecule has 25 heavy (non-hydrogen) atoms. The minimum absolute atomic E-state index is 0.179. The predicted octanol–water partition coefficient (Wildman–Crippen LogP) is 6.44. The molecule has 0 aromatic rings. The minimum atomic E-state index is 0.179. The van der Waals surface area contributed by atoms with Crippen molar-refractivity contribution in [1.82, 2.24) is 5.32 Å². The van der Waals surface area contributed by atoms with Crippen LogP contribution in [0, 0.1) is 23.7 Å². The van der Waals surface area contributed by atoms with Gasteiger partial charge in [0.2, 0.25) is 0 Å². The van der Waals surface area contributed by atoms with Crippen LogP contribution < -0.4 is 5.32 Å². The van der Waals surface area contributed by atoms with Gasteiger partial charge in [-0.25, -0.2) is 0 Å². The summed E-state index contributed by atoms with van der Waals surface area (Å²) < 4.78 is 6.36. The van der Waals surface area contributed by atoms with Crippen LogP contribution >= 0.6 is 0 Å². The van der Waals surface area contributed by atoms with E-state index < -0.39 is 0 Å². The Morgan fingerprint density at radius 3 is 1.96 bits per heavy atom. The molecule has 0 amide bonds. The van der Waals surface area contributed by atoms with E-state index in [9.17, 15) is 0 Å². The van der Waals surface area contributed by atoms with Crippen molar-refractivity contribution in [3.05, 3.63) is 0 Å². The van der Waals surface area contributed by atoms with Gasteiger partial charge in [-0.05, 0) is 77.0 Å². The van der Waals surface area contributed by atoms with Gasteiger partial charge in [0.1, 0.15) is 0 Å². The van der Waals surface area contributed by atoms with Gasteiger partial charge in [-0.15, -0.1) is 0 Å². The molecule has 1 N–H and O–H groups in total. The van der Waals surface area contributed by atoms with Crippen molar-refractivity contribution in [2.75, 3.05) is 6.61 Å². The lowest BCUT2D eigenvalue weighted by Crippen LogP contribution is -2.67. The normalized spacial score (nSPS) is 33.6. The highest BCUT2D eigenvalue weighted by Crippen LogP contribution is 2.43. The van der Waals surface area contributed by atoms with Crippen molar-refractivity contribution < 1.29 is 4.74 Å². The Labute approximate surface area is 158 Å². The molecule has 1 aliphatic heterocycles. The summed E-state index contributed by atoms with van der Waals surface area (Å²) in [7, 11) is 0. The molecule has 150 valence electrons. The van der Waals surface area contributed by atoms with Crippen LogP contribution in [0.4, 0.5) is 0 Å². The molecule has 0 spiro atoms. The van der Waals surface area contributed by atoms with E-state index in [1.54, 1.807) is 0 Å². The maximum atomic E-state index is 6.36. The molecular weight excluding hydrogens is 306 g/mol. The van der Waals surface area contributed by atoms with Gasteiger partial charge < -0.3 is 10.1 Å². The molecule has 2 heteroatoms. The number of piperidine rings is 1. The number of hydrogen-bond acceptors (Lipinski definition) is 2. The van der Waals surface area contributed by atoms with Crippen LogP contribution in [0.5, 0.6) is 0 Å². The third-order valence-electron chi connectivity index (χ3n) is 6.13. The van der Waals surface area contributed by atoms with E-state index in [4.69, 9.17) is 4.74 Å². The van der Waals surface area contributed by atoms with Gasteiger partial charge in [-0.3, -0.25) is 0 Å². The summed E-state index contributed by atoms with van der Waals surface area (Å²) in [6, 6.07) is 0. The summed E-state index contributed by atoms with van der Waals surface area (Å²) in [5, 5.41) is 4.18.